The SMILES string of the molecule is CC(=O)CO.CC(C)c1ccc2c(c1)CCC1C(C)(CO)CCCC21C.CC[C-]=O.[Y]. The van der Waals surface area contributed by atoms with Crippen LogP contribution in [0.25, 0.3) is 0 Å². The van der Waals surface area contributed by atoms with E-state index in [-0.39, 0.29) is 55.9 Å². The molecule has 1 saturated carbocycles. The van der Waals surface area contributed by atoms with E-state index in [0.717, 1.165) is 0 Å². The molecule has 1 aromatic carbocycles. The first-order valence-electron chi connectivity index (χ1n) is 11.3. The van der Waals surface area contributed by atoms with Crippen molar-refractivity contribution in [2.75, 3.05) is 13.2 Å². The van der Waals surface area contributed by atoms with E-state index in [2.05, 4.69) is 45.9 Å². The van der Waals surface area contributed by atoms with Crippen LogP contribution in [-0.4, -0.2) is 35.5 Å². The second kappa shape index (κ2) is 14.0. The number of hydrogen-bond donors (Lipinski definition) is 2. The molecule has 0 aliphatic heterocycles. The summed E-state index contributed by atoms with van der Waals surface area (Å²) >= 11 is 0. The summed E-state index contributed by atoms with van der Waals surface area (Å²) in [5.74, 6) is 1.04. The van der Waals surface area contributed by atoms with Crippen molar-refractivity contribution >= 4 is 12.1 Å². The van der Waals surface area contributed by atoms with Gasteiger partial charge in [-0.1, -0.05) is 59.2 Å². The molecule has 0 heterocycles. The minimum atomic E-state index is -0.333. The molecule has 3 atom stereocenters. The number of aryl methyl sites for hydroxylation is 1. The molecule has 1 aromatic rings. The summed E-state index contributed by atoms with van der Waals surface area (Å²) < 4.78 is 0. The predicted octanol–water partition coefficient (Wildman–Crippen LogP) is 4.88. The first-order valence-corrected chi connectivity index (χ1v) is 11.3. The Bertz CT molecular complexity index is 703. The smallest absolute Gasteiger partial charge is 0.155 e. The monoisotopic (exact) mass is 506 g/mol. The van der Waals surface area contributed by atoms with Crippen LogP contribution in [0, 0.1) is 11.3 Å². The first kappa shape index (κ1) is 30.6. The molecule has 173 valence electrons. The number of aliphatic hydroxyl groups is 2. The van der Waals surface area contributed by atoms with Gasteiger partial charge in [-0.2, -0.15) is 6.42 Å². The fourth-order valence-corrected chi connectivity index (χ4v) is 5.19. The maximum absolute atomic E-state index is 9.97. The molecule has 3 rings (SSSR count). The van der Waals surface area contributed by atoms with Gasteiger partial charge in [-0.25, -0.2) is 0 Å². The number of Topliss-reactive ketones (excluding diaryl/α,β-unsaturated/α-hetero) is 1. The number of hydrogen-bond acceptors (Lipinski definition) is 4. The van der Waals surface area contributed by atoms with Crippen molar-refractivity contribution in [3.63, 3.8) is 0 Å². The molecule has 2 N–H and O–H groups in total. The topological polar surface area (TPSA) is 74.6 Å². The van der Waals surface area contributed by atoms with E-state index in [1.807, 2.05) is 0 Å². The zero-order valence-corrected chi connectivity index (χ0v) is 23.2. The fourth-order valence-electron chi connectivity index (χ4n) is 5.19. The summed E-state index contributed by atoms with van der Waals surface area (Å²) in [4.78, 5) is 18.6. The Morgan fingerprint density at radius 2 is 1.81 bits per heavy atom. The van der Waals surface area contributed by atoms with Gasteiger partial charge in [0.2, 0.25) is 0 Å². The zero-order valence-electron chi connectivity index (χ0n) is 20.3. The molecule has 31 heavy (non-hydrogen) atoms. The van der Waals surface area contributed by atoms with E-state index in [1.165, 1.54) is 44.6 Å². The van der Waals surface area contributed by atoms with Gasteiger partial charge in [0.25, 0.3) is 0 Å². The van der Waals surface area contributed by atoms with Crippen LogP contribution >= 0.6 is 0 Å². The van der Waals surface area contributed by atoms with Crippen LogP contribution in [0.1, 0.15) is 96.3 Å². The van der Waals surface area contributed by atoms with Crippen molar-refractivity contribution in [1.82, 2.24) is 0 Å². The standard InChI is InChI=1S/C20H30O.C3H6O2.C3H5O.Y/c1-14(2)15-6-8-17-16(12-15)7-9-18-19(3,13-21)10-5-11-20(17,18)4;1-3(5)2-4;1-2-3-4;/h6,8,12,14,18,21H,5,7,9-11,13H2,1-4H3;4H,2H2,1H3;2H2,1H3;/q;;-1;. The van der Waals surface area contributed by atoms with Crippen molar-refractivity contribution in [2.45, 2.75) is 91.4 Å². The Kier molecular flexibility index (Phi) is 13.8. The van der Waals surface area contributed by atoms with Gasteiger partial charge in [-0.05, 0) is 72.0 Å². The molecule has 4 nitrogen and oxygen atoms in total. The van der Waals surface area contributed by atoms with Gasteiger partial charge < -0.3 is 15.0 Å². The van der Waals surface area contributed by atoms with Crippen LogP contribution in [-0.2, 0) is 54.1 Å². The van der Waals surface area contributed by atoms with Gasteiger partial charge in [-0.3, -0.25) is 11.1 Å². The number of ketones is 1. The fraction of sp³-hybridized carbons (Fsp3) is 0.692. The van der Waals surface area contributed by atoms with Crippen LogP contribution in [0.15, 0.2) is 18.2 Å². The molecule has 5 heteroatoms. The maximum Gasteiger partial charge on any atom is 0.155 e. The van der Waals surface area contributed by atoms with E-state index in [9.17, 15) is 9.90 Å². The molecule has 3 unspecified atom stereocenters. The summed E-state index contributed by atoms with van der Waals surface area (Å²) in [6.07, 6.45) is 8.33. The summed E-state index contributed by atoms with van der Waals surface area (Å²) in [7, 11) is 0. The molecule has 0 bridgehead atoms. The Hall–Kier alpha value is -0.416. The van der Waals surface area contributed by atoms with Crippen molar-refractivity contribution < 1.29 is 52.5 Å². The van der Waals surface area contributed by atoms with E-state index in [0.29, 0.717) is 24.9 Å². The maximum atomic E-state index is 9.97. The number of fused-ring (bicyclic) bond motifs is 3. The van der Waals surface area contributed by atoms with E-state index in [4.69, 9.17) is 9.90 Å². The molecular formula is C26H41O4Y-. The molecule has 0 saturated heterocycles. The number of benzene rings is 1. The molecule has 0 spiro atoms. The average molecular weight is 507 g/mol. The van der Waals surface area contributed by atoms with Crippen LogP contribution in [0.4, 0.5) is 0 Å². The summed E-state index contributed by atoms with van der Waals surface area (Å²) in [6, 6.07) is 7.19. The Morgan fingerprint density at radius 3 is 2.26 bits per heavy atom. The van der Waals surface area contributed by atoms with E-state index in [1.54, 1.807) is 24.3 Å². The van der Waals surface area contributed by atoms with Gasteiger partial charge in [-0.15, -0.1) is 0 Å². The zero-order chi connectivity index (χ0) is 22.9. The number of carbonyl (C=O) groups excluding carboxylic acids is 2. The van der Waals surface area contributed by atoms with Gasteiger partial charge >= 0.3 is 0 Å². The summed E-state index contributed by atoms with van der Waals surface area (Å²) in [6.45, 7) is 12.4. The normalized spacial score (nSPS) is 26.0. The minimum absolute atomic E-state index is 0. The minimum Gasteiger partial charge on any atom is -0.542 e. The van der Waals surface area contributed by atoms with Crippen molar-refractivity contribution in [3.8, 4) is 0 Å². The third-order valence-electron chi connectivity index (χ3n) is 6.90. The van der Waals surface area contributed by atoms with Crippen LogP contribution in [0.2, 0.25) is 0 Å². The summed E-state index contributed by atoms with van der Waals surface area (Å²) in [5, 5.41) is 17.8. The Morgan fingerprint density at radius 1 is 1.23 bits per heavy atom. The van der Waals surface area contributed by atoms with Crippen LogP contribution in [0.5, 0.6) is 0 Å². The van der Waals surface area contributed by atoms with Crippen molar-refractivity contribution in [3.05, 3.63) is 34.9 Å². The van der Waals surface area contributed by atoms with Gasteiger partial charge in [0.15, 0.2) is 5.78 Å². The first-order chi connectivity index (χ1) is 14.1. The van der Waals surface area contributed by atoms with Crippen molar-refractivity contribution in [1.29, 1.82) is 0 Å². The molecule has 2 aliphatic carbocycles. The molecule has 1 radical (unpaired) electrons. The number of carbonyl (C=O) groups is 1. The predicted molar refractivity (Wildman–Crippen MR) is 122 cm³/mol. The quantitative estimate of drug-likeness (QED) is 0.571. The Labute approximate surface area is 214 Å². The second-order valence-corrected chi connectivity index (χ2v) is 9.60. The number of rotatable bonds is 4. The average Bonchev–Trinajstić information content (AvgIpc) is 2.73. The largest absolute Gasteiger partial charge is 0.542 e. The summed E-state index contributed by atoms with van der Waals surface area (Å²) in [5.41, 5.74) is 4.99. The van der Waals surface area contributed by atoms with Crippen LogP contribution < -0.4 is 0 Å². The van der Waals surface area contributed by atoms with Crippen molar-refractivity contribution in [2.24, 2.45) is 11.3 Å². The van der Waals surface area contributed by atoms with E-state index < -0.39 is 0 Å². The number of aliphatic hydroxyl groups excluding tert-OH is 2. The van der Waals surface area contributed by atoms with Crippen LogP contribution in [0.3, 0.4) is 0 Å². The van der Waals surface area contributed by atoms with Gasteiger partial charge in [0.05, 0.1) is 0 Å². The Balaban J connectivity index is 0.000000769. The van der Waals surface area contributed by atoms with Gasteiger partial charge in [0.1, 0.15) is 6.61 Å². The molecule has 2 aliphatic rings. The second-order valence-electron chi connectivity index (χ2n) is 9.60. The third-order valence-corrected chi connectivity index (χ3v) is 6.90. The van der Waals surface area contributed by atoms with Gasteiger partial charge in [0, 0.05) is 39.3 Å². The third kappa shape index (κ3) is 7.84. The molecule has 1 fully saturated rings. The molecule has 0 aromatic heterocycles. The molecular weight excluding hydrogens is 465 g/mol. The van der Waals surface area contributed by atoms with E-state index >= 15 is 0 Å². The molecule has 0 amide bonds.